The van der Waals surface area contributed by atoms with Crippen LogP contribution in [0, 0.1) is 0 Å². The van der Waals surface area contributed by atoms with Crippen LogP contribution in [0.15, 0.2) is 16.8 Å². The van der Waals surface area contributed by atoms with Gasteiger partial charge in [-0.2, -0.15) is 11.3 Å². The zero-order valence-electron chi connectivity index (χ0n) is 10.0. The fraction of sp³-hybridized carbons (Fsp3) is 0.636. The first-order valence-electron chi connectivity index (χ1n) is 5.55. The molecule has 0 aliphatic carbocycles. The van der Waals surface area contributed by atoms with E-state index in [2.05, 4.69) is 16.8 Å². The average molecular weight is 277 g/mol. The molecule has 0 aliphatic rings. The molecule has 1 aromatic rings. The Labute approximate surface area is 107 Å². The molecule has 0 bridgehead atoms. The molecule has 0 radical (unpaired) electrons. The number of hydrogen-bond acceptors (Lipinski definition) is 5. The average Bonchev–Trinajstić information content (AvgIpc) is 2.79. The summed E-state index contributed by atoms with van der Waals surface area (Å²) in [5.74, 6) is 0.287. The van der Waals surface area contributed by atoms with Gasteiger partial charge in [-0.1, -0.05) is 0 Å². The van der Waals surface area contributed by atoms with Gasteiger partial charge in [-0.3, -0.25) is 0 Å². The lowest BCUT2D eigenvalue weighted by Gasteiger charge is -2.05. The highest BCUT2D eigenvalue weighted by Gasteiger charge is 2.09. The molecule has 1 aromatic heterocycles. The third-order valence-corrected chi connectivity index (χ3v) is 4.71. The topological polar surface area (TPSA) is 55.4 Å². The second kappa shape index (κ2) is 7.81. The molecule has 17 heavy (non-hydrogen) atoms. The van der Waals surface area contributed by atoms with Crippen LogP contribution in [0.25, 0.3) is 0 Å². The molecule has 0 atom stereocenters. The van der Waals surface area contributed by atoms with Gasteiger partial charge in [-0.15, -0.1) is 0 Å². The molecule has 0 aromatic carbocycles. The van der Waals surface area contributed by atoms with Crippen molar-refractivity contribution < 1.29 is 13.2 Å². The van der Waals surface area contributed by atoms with Gasteiger partial charge < -0.3 is 10.1 Å². The molecule has 0 saturated carbocycles. The summed E-state index contributed by atoms with van der Waals surface area (Å²) in [5, 5.41) is 7.30. The summed E-state index contributed by atoms with van der Waals surface area (Å²) in [6.45, 7) is 1.60. The second-order valence-electron chi connectivity index (χ2n) is 3.78. The lowest BCUT2D eigenvalue weighted by Crippen LogP contribution is -2.27. The van der Waals surface area contributed by atoms with Crippen LogP contribution in [0.4, 0.5) is 0 Å². The SMILES string of the molecule is COCCS(=O)(=O)CCNCCc1ccsc1. The highest BCUT2D eigenvalue weighted by Crippen LogP contribution is 2.05. The van der Waals surface area contributed by atoms with Crippen molar-refractivity contribution in [3.05, 3.63) is 22.4 Å². The zero-order valence-corrected chi connectivity index (χ0v) is 11.6. The summed E-state index contributed by atoms with van der Waals surface area (Å²) in [6.07, 6.45) is 0.946. The normalized spacial score (nSPS) is 11.8. The number of rotatable bonds is 9. The molecule has 0 fully saturated rings. The van der Waals surface area contributed by atoms with Crippen molar-refractivity contribution in [1.82, 2.24) is 5.32 Å². The van der Waals surface area contributed by atoms with Crippen LogP contribution >= 0.6 is 11.3 Å². The van der Waals surface area contributed by atoms with Gasteiger partial charge in [-0.25, -0.2) is 8.42 Å². The van der Waals surface area contributed by atoms with E-state index in [-0.39, 0.29) is 18.1 Å². The Morgan fingerprint density at radius 3 is 2.82 bits per heavy atom. The monoisotopic (exact) mass is 277 g/mol. The summed E-state index contributed by atoms with van der Waals surface area (Å²) in [5.41, 5.74) is 1.30. The number of methoxy groups -OCH3 is 1. The Kier molecular flexibility index (Phi) is 6.72. The Hall–Kier alpha value is -0.430. The van der Waals surface area contributed by atoms with Crippen molar-refractivity contribution in [1.29, 1.82) is 0 Å². The standard InChI is InChI=1S/C11H19NO3S2/c1-15-6-9-17(13,14)8-5-12-4-2-11-3-7-16-10-11/h3,7,10,12H,2,4-6,8-9H2,1H3. The largest absolute Gasteiger partial charge is 0.384 e. The lowest BCUT2D eigenvalue weighted by molar-refractivity contribution is 0.217. The first-order valence-corrected chi connectivity index (χ1v) is 8.31. The molecular weight excluding hydrogens is 258 g/mol. The minimum Gasteiger partial charge on any atom is -0.384 e. The van der Waals surface area contributed by atoms with Crippen molar-refractivity contribution in [2.45, 2.75) is 6.42 Å². The van der Waals surface area contributed by atoms with Crippen molar-refractivity contribution in [2.75, 3.05) is 38.3 Å². The van der Waals surface area contributed by atoms with Gasteiger partial charge in [-0.05, 0) is 35.4 Å². The third-order valence-electron chi connectivity index (χ3n) is 2.36. The fourth-order valence-corrected chi connectivity index (χ4v) is 3.12. The molecule has 0 aliphatic heterocycles. The molecule has 0 spiro atoms. The van der Waals surface area contributed by atoms with Gasteiger partial charge in [0.15, 0.2) is 9.84 Å². The molecule has 1 rings (SSSR count). The second-order valence-corrected chi connectivity index (χ2v) is 6.86. The van der Waals surface area contributed by atoms with E-state index in [0.29, 0.717) is 6.54 Å². The summed E-state index contributed by atoms with van der Waals surface area (Å²) >= 11 is 1.68. The van der Waals surface area contributed by atoms with Gasteiger partial charge in [0.2, 0.25) is 0 Å². The van der Waals surface area contributed by atoms with Gasteiger partial charge in [0.05, 0.1) is 18.1 Å². The minimum absolute atomic E-state index is 0.107. The first kappa shape index (κ1) is 14.6. The van der Waals surface area contributed by atoms with E-state index in [1.807, 2.05) is 5.38 Å². The van der Waals surface area contributed by atoms with Crippen LogP contribution in [0.5, 0.6) is 0 Å². The van der Waals surface area contributed by atoms with Crippen LogP contribution < -0.4 is 5.32 Å². The minimum atomic E-state index is -2.96. The van der Waals surface area contributed by atoms with E-state index in [9.17, 15) is 8.42 Å². The van der Waals surface area contributed by atoms with E-state index in [1.54, 1.807) is 11.3 Å². The van der Waals surface area contributed by atoms with Gasteiger partial charge >= 0.3 is 0 Å². The van der Waals surface area contributed by atoms with Crippen LogP contribution in [-0.4, -0.2) is 46.7 Å². The Morgan fingerprint density at radius 1 is 1.35 bits per heavy atom. The number of thiophene rings is 1. The number of nitrogens with one attached hydrogen (secondary N) is 1. The van der Waals surface area contributed by atoms with Crippen LogP contribution in [0.1, 0.15) is 5.56 Å². The molecule has 4 nitrogen and oxygen atoms in total. The van der Waals surface area contributed by atoms with E-state index < -0.39 is 9.84 Å². The predicted octanol–water partition coefficient (Wildman–Crippen LogP) is 0.941. The third kappa shape index (κ3) is 6.78. The highest BCUT2D eigenvalue weighted by molar-refractivity contribution is 7.91. The quantitative estimate of drug-likeness (QED) is 0.683. The van der Waals surface area contributed by atoms with E-state index in [4.69, 9.17) is 4.74 Å². The van der Waals surface area contributed by atoms with Crippen molar-refractivity contribution in [3.63, 3.8) is 0 Å². The van der Waals surface area contributed by atoms with Gasteiger partial charge in [0.25, 0.3) is 0 Å². The smallest absolute Gasteiger partial charge is 0.153 e. The Morgan fingerprint density at radius 2 is 2.18 bits per heavy atom. The van der Waals surface area contributed by atoms with Crippen LogP contribution in [0.3, 0.4) is 0 Å². The van der Waals surface area contributed by atoms with E-state index >= 15 is 0 Å². The molecular formula is C11H19NO3S2. The Balaban J connectivity index is 2.07. The molecule has 0 amide bonds. The maximum absolute atomic E-state index is 11.5. The predicted molar refractivity (Wildman–Crippen MR) is 71.4 cm³/mol. The number of hydrogen-bond donors (Lipinski definition) is 1. The molecule has 1 heterocycles. The molecule has 0 unspecified atom stereocenters. The van der Waals surface area contributed by atoms with Gasteiger partial charge in [0.1, 0.15) is 0 Å². The zero-order chi connectivity index (χ0) is 12.6. The molecule has 98 valence electrons. The maximum Gasteiger partial charge on any atom is 0.153 e. The van der Waals surface area contributed by atoms with Crippen molar-refractivity contribution in [2.24, 2.45) is 0 Å². The summed E-state index contributed by atoms with van der Waals surface area (Å²) < 4.78 is 27.7. The summed E-state index contributed by atoms with van der Waals surface area (Å²) in [6, 6.07) is 2.08. The molecule has 6 heteroatoms. The fourth-order valence-electron chi connectivity index (χ4n) is 1.33. The maximum atomic E-state index is 11.5. The Bertz CT molecular complexity index is 387. The van der Waals surface area contributed by atoms with Crippen molar-refractivity contribution in [3.8, 4) is 0 Å². The number of ether oxygens (including phenoxy) is 1. The van der Waals surface area contributed by atoms with Crippen LogP contribution in [0.2, 0.25) is 0 Å². The van der Waals surface area contributed by atoms with E-state index in [1.165, 1.54) is 12.7 Å². The summed E-state index contributed by atoms with van der Waals surface area (Å²) in [4.78, 5) is 0. The van der Waals surface area contributed by atoms with Crippen LogP contribution in [-0.2, 0) is 21.0 Å². The first-order chi connectivity index (χ1) is 8.14. The molecule has 1 N–H and O–H groups in total. The molecule has 0 saturated heterocycles. The van der Waals surface area contributed by atoms with Gasteiger partial charge in [0, 0.05) is 13.7 Å². The van der Waals surface area contributed by atoms with E-state index in [0.717, 1.165) is 13.0 Å². The number of sulfone groups is 1. The van der Waals surface area contributed by atoms with Crippen molar-refractivity contribution >= 4 is 21.2 Å². The summed E-state index contributed by atoms with van der Waals surface area (Å²) in [7, 11) is -1.45. The lowest BCUT2D eigenvalue weighted by atomic mass is 10.2. The highest BCUT2D eigenvalue weighted by atomic mass is 32.2.